The molecular formula is C9H15N3O2. The van der Waals surface area contributed by atoms with Gasteiger partial charge in [-0.3, -0.25) is 4.79 Å². The first-order valence-electron chi connectivity index (χ1n) is 4.52. The van der Waals surface area contributed by atoms with Crippen LogP contribution in [0, 0.1) is 11.8 Å². The fraction of sp³-hybridized carbons (Fsp3) is 0.556. The zero-order valence-electron chi connectivity index (χ0n) is 8.10. The van der Waals surface area contributed by atoms with E-state index in [0.717, 1.165) is 5.69 Å². The molecule has 0 saturated carbocycles. The summed E-state index contributed by atoms with van der Waals surface area (Å²) < 4.78 is 0. The number of aromatic amines is 1. The average Bonchev–Trinajstić information content (AvgIpc) is 2.65. The van der Waals surface area contributed by atoms with Crippen molar-refractivity contribution in [1.82, 2.24) is 9.97 Å². The molecular weight excluding hydrogens is 182 g/mol. The molecule has 0 aliphatic heterocycles. The van der Waals surface area contributed by atoms with Gasteiger partial charge in [0.2, 0.25) is 5.91 Å². The Morgan fingerprint density at radius 2 is 2.50 bits per heavy atom. The van der Waals surface area contributed by atoms with Gasteiger partial charge in [-0.25, -0.2) is 4.98 Å². The van der Waals surface area contributed by atoms with E-state index in [-0.39, 0.29) is 24.3 Å². The van der Waals surface area contributed by atoms with E-state index in [0.29, 0.717) is 6.42 Å². The second kappa shape index (κ2) is 4.76. The molecule has 0 bridgehead atoms. The Kier molecular flexibility index (Phi) is 3.64. The lowest BCUT2D eigenvalue weighted by molar-refractivity contribution is -0.123. The third kappa shape index (κ3) is 2.56. The molecule has 2 atom stereocenters. The summed E-state index contributed by atoms with van der Waals surface area (Å²) in [6.07, 6.45) is 3.83. The molecule has 5 heteroatoms. The number of rotatable bonds is 5. The molecule has 0 saturated heterocycles. The van der Waals surface area contributed by atoms with E-state index in [1.165, 1.54) is 0 Å². The zero-order chi connectivity index (χ0) is 10.6. The van der Waals surface area contributed by atoms with Gasteiger partial charge < -0.3 is 15.8 Å². The predicted octanol–water partition coefficient (Wildman–Crippen LogP) is -0.318. The molecule has 0 radical (unpaired) electrons. The van der Waals surface area contributed by atoms with Crippen LogP contribution in [0.5, 0.6) is 0 Å². The van der Waals surface area contributed by atoms with Crippen molar-refractivity contribution < 1.29 is 9.90 Å². The van der Waals surface area contributed by atoms with Crippen LogP contribution in [-0.4, -0.2) is 27.6 Å². The highest BCUT2D eigenvalue weighted by Gasteiger charge is 2.21. The number of amides is 1. The zero-order valence-corrected chi connectivity index (χ0v) is 8.10. The van der Waals surface area contributed by atoms with E-state index in [1.807, 2.05) is 0 Å². The van der Waals surface area contributed by atoms with E-state index in [9.17, 15) is 4.79 Å². The highest BCUT2D eigenvalue weighted by atomic mass is 16.3. The monoisotopic (exact) mass is 197 g/mol. The van der Waals surface area contributed by atoms with Crippen molar-refractivity contribution in [2.45, 2.75) is 13.3 Å². The second-order valence-electron chi connectivity index (χ2n) is 3.41. The minimum absolute atomic E-state index is 0.0525. The minimum atomic E-state index is -0.386. The van der Waals surface area contributed by atoms with Gasteiger partial charge in [-0.1, -0.05) is 6.92 Å². The van der Waals surface area contributed by atoms with Crippen molar-refractivity contribution in [3.8, 4) is 0 Å². The molecule has 78 valence electrons. The summed E-state index contributed by atoms with van der Waals surface area (Å²) in [7, 11) is 0. The molecule has 1 rings (SSSR count). The van der Waals surface area contributed by atoms with E-state index in [2.05, 4.69) is 9.97 Å². The lowest BCUT2D eigenvalue weighted by Crippen LogP contribution is -2.30. The van der Waals surface area contributed by atoms with Crippen LogP contribution in [0.15, 0.2) is 12.5 Å². The molecule has 0 fully saturated rings. The lowest BCUT2D eigenvalue weighted by atomic mass is 9.90. The molecule has 4 N–H and O–H groups in total. The Morgan fingerprint density at radius 3 is 2.93 bits per heavy atom. The first kappa shape index (κ1) is 10.7. The number of carbonyl (C=O) groups excluding carboxylic acids is 1. The summed E-state index contributed by atoms with van der Waals surface area (Å²) in [6.45, 7) is 1.67. The summed E-state index contributed by atoms with van der Waals surface area (Å²) >= 11 is 0. The van der Waals surface area contributed by atoms with E-state index >= 15 is 0 Å². The fourth-order valence-electron chi connectivity index (χ4n) is 1.31. The quantitative estimate of drug-likeness (QED) is 0.604. The van der Waals surface area contributed by atoms with Crippen molar-refractivity contribution in [2.75, 3.05) is 6.61 Å². The van der Waals surface area contributed by atoms with Gasteiger partial charge in [0.15, 0.2) is 0 Å². The number of aliphatic hydroxyl groups excluding tert-OH is 1. The van der Waals surface area contributed by atoms with Gasteiger partial charge in [0, 0.05) is 24.4 Å². The highest BCUT2D eigenvalue weighted by Crippen LogP contribution is 2.15. The normalized spacial score (nSPS) is 15.0. The Balaban J connectivity index is 2.59. The molecule has 0 spiro atoms. The molecule has 1 heterocycles. The maximum atomic E-state index is 10.9. The number of aromatic nitrogens is 2. The smallest absolute Gasteiger partial charge is 0.220 e. The van der Waals surface area contributed by atoms with Crippen LogP contribution in [0.2, 0.25) is 0 Å². The van der Waals surface area contributed by atoms with Gasteiger partial charge in [0.05, 0.1) is 6.33 Å². The average molecular weight is 197 g/mol. The van der Waals surface area contributed by atoms with Crippen molar-refractivity contribution in [3.05, 3.63) is 18.2 Å². The third-order valence-electron chi connectivity index (χ3n) is 2.43. The van der Waals surface area contributed by atoms with Crippen LogP contribution in [0.25, 0.3) is 0 Å². The molecule has 0 aliphatic rings. The molecule has 1 aromatic heterocycles. The molecule has 5 nitrogen and oxygen atoms in total. The standard InChI is InChI=1S/C9H15N3O2/c1-6(9(10)14)7(4-13)2-8-3-11-5-12-8/h3,5-7,13H,2,4H2,1H3,(H2,10,14)(H,11,12)/t6?,7-/m0/s1. The fourth-order valence-corrected chi connectivity index (χ4v) is 1.31. The first-order chi connectivity index (χ1) is 6.65. The van der Waals surface area contributed by atoms with Crippen molar-refractivity contribution in [2.24, 2.45) is 17.6 Å². The number of imidazole rings is 1. The van der Waals surface area contributed by atoms with Gasteiger partial charge in [-0.15, -0.1) is 0 Å². The van der Waals surface area contributed by atoms with E-state index in [4.69, 9.17) is 10.8 Å². The second-order valence-corrected chi connectivity index (χ2v) is 3.41. The van der Waals surface area contributed by atoms with E-state index < -0.39 is 0 Å². The van der Waals surface area contributed by atoms with Crippen molar-refractivity contribution in [3.63, 3.8) is 0 Å². The molecule has 1 unspecified atom stereocenters. The van der Waals surface area contributed by atoms with Gasteiger partial charge in [-0.2, -0.15) is 0 Å². The van der Waals surface area contributed by atoms with Gasteiger partial charge in [-0.05, 0) is 12.3 Å². The maximum Gasteiger partial charge on any atom is 0.220 e. The number of nitrogens with one attached hydrogen (secondary N) is 1. The van der Waals surface area contributed by atoms with Crippen LogP contribution in [0.4, 0.5) is 0 Å². The number of hydrogen-bond acceptors (Lipinski definition) is 3. The van der Waals surface area contributed by atoms with Crippen molar-refractivity contribution in [1.29, 1.82) is 0 Å². The molecule has 0 aromatic carbocycles. The summed E-state index contributed by atoms with van der Waals surface area (Å²) in [5, 5.41) is 9.10. The predicted molar refractivity (Wildman–Crippen MR) is 51.2 cm³/mol. The van der Waals surface area contributed by atoms with Gasteiger partial charge >= 0.3 is 0 Å². The SMILES string of the molecule is CC(C(N)=O)[C@H](CO)Cc1cnc[nH]1. The minimum Gasteiger partial charge on any atom is -0.396 e. The number of primary amides is 1. The Labute approximate surface area is 82.3 Å². The molecule has 14 heavy (non-hydrogen) atoms. The van der Waals surface area contributed by atoms with Crippen LogP contribution >= 0.6 is 0 Å². The summed E-state index contributed by atoms with van der Waals surface area (Å²) in [6, 6.07) is 0. The Hall–Kier alpha value is -1.36. The van der Waals surface area contributed by atoms with Crippen LogP contribution in [0.3, 0.4) is 0 Å². The number of nitrogens with two attached hydrogens (primary N) is 1. The number of carbonyl (C=O) groups is 1. The van der Waals surface area contributed by atoms with Crippen LogP contribution in [-0.2, 0) is 11.2 Å². The topological polar surface area (TPSA) is 92.0 Å². The third-order valence-corrected chi connectivity index (χ3v) is 2.43. The number of H-pyrrole nitrogens is 1. The summed E-state index contributed by atoms with van der Waals surface area (Å²) in [5.74, 6) is -0.861. The lowest BCUT2D eigenvalue weighted by Gasteiger charge is -2.17. The van der Waals surface area contributed by atoms with Crippen LogP contribution in [0.1, 0.15) is 12.6 Å². The molecule has 0 aliphatic carbocycles. The summed E-state index contributed by atoms with van der Waals surface area (Å²) in [5.41, 5.74) is 6.07. The largest absolute Gasteiger partial charge is 0.396 e. The van der Waals surface area contributed by atoms with Crippen LogP contribution < -0.4 is 5.73 Å². The Bertz CT molecular complexity index is 284. The first-order valence-corrected chi connectivity index (χ1v) is 4.52. The molecule has 1 aromatic rings. The number of aliphatic hydroxyl groups is 1. The highest BCUT2D eigenvalue weighted by molar-refractivity contribution is 5.76. The van der Waals surface area contributed by atoms with Gasteiger partial charge in [0.1, 0.15) is 0 Å². The number of hydrogen-bond donors (Lipinski definition) is 3. The maximum absolute atomic E-state index is 10.9. The van der Waals surface area contributed by atoms with Gasteiger partial charge in [0.25, 0.3) is 0 Å². The van der Waals surface area contributed by atoms with E-state index in [1.54, 1.807) is 19.4 Å². The summed E-state index contributed by atoms with van der Waals surface area (Å²) in [4.78, 5) is 17.7. The Morgan fingerprint density at radius 1 is 1.79 bits per heavy atom. The molecule has 1 amide bonds. The number of nitrogens with zero attached hydrogens (tertiary/aromatic N) is 1. The van der Waals surface area contributed by atoms with Crippen molar-refractivity contribution >= 4 is 5.91 Å².